The van der Waals surface area contributed by atoms with Gasteiger partial charge in [-0.2, -0.15) is 0 Å². The second-order valence-corrected chi connectivity index (χ2v) is 4.06. The fourth-order valence-electron chi connectivity index (χ4n) is 2.62. The van der Waals surface area contributed by atoms with Gasteiger partial charge in [-0.1, -0.05) is 0 Å². The molecule has 0 N–H and O–H groups in total. The van der Waals surface area contributed by atoms with Crippen molar-refractivity contribution < 1.29 is 9.53 Å². The minimum Gasteiger partial charge on any atom is -0.383 e. The van der Waals surface area contributed by atoms with Gasteiger partial charge in [0.15, 0.2) is 0 Å². The zero-order valence-corrected chi connectivity index (χ0v) is 8.16. The van der Waals surface area contributed by atoms with Gasteiger partial charge in [0.1, 0.15) is 5.78 Å². The van der Waals surface area contributed by atoms with Crippen LogP contribution in [0.1, 0.15) is 25.7 Å². The van der Waals surface area contributed by atoms with E-state index in [9.17, 15) is 4.79 Å². The molecule has 3 heteroatoms. The number of carbonyl (C=O) groups is 1. The van der Waals surface area contributed by atoms with Crippen LogP contribution in [-0.4, -0.2) is 43.0 Å². The minimum atomic E-state index is 0.459. The largest absolute Gasteiger partial charge is 0.383 e. The highest BCUT2D eigenvalue weighted by atomic mass is 16.5. The van der Waals surface area contributed by atoms with E-state index in [0.29, 0.717) is 17.9 Å². The van der Waals surface area contributed by atoms with Crippen molar-refractivity contribution in [3.63, 3.8) is 0 Å². The van der Waals surface area contributed by atoms with E-state index in [1.54, 1.807) is 7.11 Å². The number of ketones is 1. The van der Waals surface area contributed by atoms with Gasteiger partial charge >= 0.3 is 0 Å². The first-order valence-corrected chi connectivity index (χ1v) is 5.07. The van der Waals surface area contributed by atoms with Gasteiger partial charge in [-0.25, -0.2) is 0 Å². The summed E-state index contributed by atoms with van der Waals surface area (Å²) in [4.78, 5) is 13.7. The lowest BCUT2D eigenvalue weighted by Crippen LogP contribution is -2.44. The third kappa shape index (κ3) is 1.76. The van der Waals surface area contributed by atoms with Crippen molar-refractivity contribution in [1.82, 2.24) is 4.90 Å². The van der Waals surface area contributed by atoms with E-state index in [2.05, 4.69) is 4.90 Å². The highest BCUT2D eigenvalue weighted by Crippen LogP contribution is 2.33. The molecule has 13 heavy (non-hydrogen) atoms. The van der Waals surface area contributed by atoms with Crippen LogP contribution < -0.4 is 0 Å². The first-order valence-electron chi connectivity index (χ1n) is 5.07. The molecule has 2 atom stereocenters. The Morgan fingerprint density at radius 3 is 2.54 bits per heavy atom. The Labute approximate surface area is 79.0 Å². The van der Waals surface area contributed by atoms with Crippen molar-refractivity contribution in [1.29, 1.82) is 0 Å². The average Bonchev–Trinajstić information content (AvgIpc) is 2.33. The highest BCUT2D eigenvalue weighted by Gasteiger charge is 2.39. The maximum atomic E-state index is 11.3. The van der Waals surface area contributed by atoms with E-state index >= 15 is 0 Å². The number of rotatable bonds is 3. The van der Waals surface area contributed by atoms with Crippen LogP contribution in [0.25, 0.3) is 0 Å². The zero-order valence-electron chi connectivity index (χ0n) is 8.16. The standard InChI is InChI=1S/C10H17NO2/c1-13-5-4-11-8-2-3-9(11)7-10(12)6-8/h8-9H,2-7H2,1H3. The van der Waals surface area contributed by atoms with E-state index in [1.807, 2.05) is 0 Å². The van der Waals surface area contributed by atoms with E-state index in [0.717, 1.165) is 26.0 Å². The molecule has 0 saturated carbocycles. The van der Waals surface area contributed by atoms with E-state index in [-0.39, 0.29) is 0 Å². The van der Waals surface area contributed by atoms with Crippen LogP contribution in [0.2, 0.25) is 0 Å². The van der Waals surface area contributed by atoms with Crippen LogP contribution in [0.4, 0.5) is 0 Å². The topological polar surface area (TPSA) is 29.5 Å². The number of hydrogen-bond acceptors (Lipinski definition) is 3. The maximum absolute atomic E-state index is 11.3. The Morgan fingerprint density at radius 2 is 2.00 bits per heavy atom. The monoisotopic (exact) mass is 183 g/mol. The number of hydrogen-bond donors (Lipinski definition) is 0. The molecule has 2 rings (SSSR count). The molecule has 2 aliphatic rings. The molecule has 2 aliphatic heterocycles. The van der Waals surface area contributed by atoms with Gasteiger partial charge < -0.3 is 4.74 Å². The van der Waals surface area contributed by atoms with Crippen molar-refractivity contribution in [2.24, 2.45) is 0 Å². The van der Waals surface area contributed by atoms with Crippen molar-refractivity contribution in [3.8, 4) is 0 Å². The fraction of sp³-hybridized carbons (Fsp3) is 0.900. The molecule has 0 aromatic heterocycles. The number of carbonyl (C=O) groups excluding carboxylic acids is 1. The number of ether oxygens (including phenoxy) is 1. The molecular weight excluding hydrogens is 166 g/mol. The molecule has 0 amide bonds. The summed E-state index contributed by atoms with van der Waals surface area (Å²) in [5.41, 5.74) is 0. The molecule has 74 valence electrons. The summed E-state index contributed by atoms with van der Waals surface area (Å²) in [5, 5.41) is 0. The summed E-state index contributed by atoms with van der Waals surface area (Å²) in [5.74, 6) is 0.459. The predicted octanol–water partition coefficient (Wildman–Crippen LogP) is 0.829. The molecule has 0 radical (unpaired) electrons. The molecule has 0 spiro atoms. The lowest BCUT2D eigenvalue weighted by molar-refractivity contribution is -0.123. The summed E-state index contributed by atoms with van der Waals surface area (Å²) in [6.07, 6.45) is 3.97. The van der Waals surface area contributed by atoms with E-state index < -0.39 is 0 Å². The normalized spacial score (nSPS) is 34.1. The molecule has 0 aromatic rings. The Hall–Kier alpha value is -0.410. The van der Waals surface area contributed by atoms with Crippen molar-refractivity contribution in [2.75, 3.05) is 20.3 Å². The van der Waals surface area contributed by atoms with Gasteiger partial charge in [-0.3, -0.25) is 9.69 Å². The van der Waals surface area contributed by atoms with Crippen LogP contribution >= 0.6 is 0 Å². The summed E-state index contributed by atoms with van der Waals surface area (Å²) >= 11 is 0. The van der Waals surface area contributed by atoms with Crippen molar-refractivity contribution in [3.05, 3.63) is 0 Å². The average molecular weight is 183 g/mol. The van der Waals surface area contributed by atoms with Crippen LogP contribution in [0.5, 0.6) is 0 Å². The number of fused-ring (bicyclic) bond motifs is 2. The van der Waals surface area contributed by atoms with Gasteiger partial charge in [0, 0.05) is 38.6 Å². The number of piperidine rings is 1. The number of Topliss-reactive ketones (excluding diaryl/α,β-unsaturated/α-hetero) is 1. The molecule has 3 nitrogen and oxygen atoms in total. The van der Waals surface area contributed by atoms with Crippen LogP contribution in [0, 0.1) is 0 Å². The second-order valence-electron chi connectivity index (χ2n) is 4.06. The lowest BCUT2D eigenvalue weighted by Gasteiger charge is -2.33. The number of nitrogens with zero attached hydrogens (tertiary/aromatic N) is 1. The first-order chi connectivity index (χ1) is 6.31. The molecular formula is C10H17NO2. The van der Waals surface area contributed by atoms with E-state index in [1.165, 1.54) is 12.8 Å². The maximum Gasteiger partial charge on any atom is 0.136 e. The van der Waals surface area contributed by atoms with Crippen LogP contribution in [0.15, 0.2) is 0 Å². The summed E-state index contributed by atoms with van der Waals surface area (Å²) in [6, 6.07) is 1.06. The van der Waals surface area contributed by atoms with Crippen LogP contribution in [-0.2, 0) is 9.53 Å². The lowest BCUT2D eigenvalue weighted by atomic mass is 10.0. The molecule has 2 fully saturated rings. The van der Waals surface area contributed by atoms with Gasteiger partial charge in [0.2, 0.25) is 0 Å². The van der Waals surface area contributed by atoms with Gasteiger partial charge in [0.05, 0.1) is 6.61 Å². The van der Waals surface area contributed by atoms with Gasteiger partial charge in [-0.15, -0.1) is 0 Å². The molecule has 0 aliphatic carbocycles. The second kappa shape index (κ2) is 3.76. The highest BCUT2D eigenvalue weighted by molar-refractivity contribution is 5.80. The first kappa shape index (κ1) is 9.16. The molecule has 2 bridgehead atoms. The third-order valence-electron chi connectivity index (χ3n) is 3.25. The SMILES string of the molecule is COCCN1C2CCC1CC(=O)C2. The van der Waals surface area contributed by atoms with Gasteiger partial charge in [-0.05, 0) is 12.8 Å². The Morgan fingerprint density at radius 1 is 1.38 bits per heavy atom. The van der Waals surface area contributed by atoms with Gasteiger partial charge in [0.25, 0.3) is 0 Å². The summed E-state index contributed by atoms with van der Waals surface area (Å²) in [7, 11) is 1.73. The Balaban J connectivity index is 1.94. The van der Waals surface area contributed by atoms with Crippen molar-refractivity contribution in [2.45, 2.75) is 37.8 Å². The van der Waals surface area contributed by atoms with E-state index in [4.69, 9.17) is 4.74 Å². The molecule has 2 saturated heterocycles. The zero-order chi connectivity index (χ0) is 9.26. The minimum absolute atomic E-state index is 0.459. The van der Waals surface area contributed by atoms with Crippen molar-refractivity contribution >= 4 is 5.78 Å². The Bertz CT molecular complexity index is 189. The van der Waals surface area contributed by atoms with Crippen LogP contribution in [0.3, 0.4) is 0 Å². The molecule has 0 aromatic carbocycles. The molecule has 2 unspecified atom stereocenters. The quantitative estimate of drug-likeness (QED) is 0.649. The smallest absolute Gasteiger partial charge is 0.136 e. The summed E-state index contributed by atoms with van der Waals surface area (Å²) < 4.78 is 5.07. The molecule has 2 heterocycles. The fourth-order valence-corrected chi connectivity index (χ4v) is 2.62. The predicted molar refractivity (Wildman–Crippen MR) is 49.6 cm³/mol. The Kier molecular flexibility index (Phi) is 2.65. The summed E-state index contributed by atoms with van der Waals surface area (Å²) in [6.45, 7) is 1.79. The third-order valence-corrected chi connectivity index (χ3v) is 3.25. The number of methoxy groups -OCH3 is 1.